The molecule has 2 aromatic rings. The molecule has 28 heavy (non-hydrogen) atoms. The van der Waals surface area contributed by atoms with Crippen LogP contribution in [0.1, 0.15) is 33.1 Å². The Morgan fingerprint density at radius 3 is 2.96 bits per heavy atom. The second-order valence-corrected chi connectivity index (χ2v) is 7.48. The number of fused-ring (bicyclic) bond motifs is 1. The normalized spacial score (nSPS) is 19.4. The maximum Gasteiger partial charge on any atom is 0.132 e. The smallest absolute Gasteiger partial charge is 0.132 e. The molecule has 0 radical (unpaired) electrons. The lowest BCUT2D eigenvalue weighted by atomic mass is 10.1. The molecular formula is C21H27N5O2. The number of H-pyrrole nitrogens is 1. The van der Waals surface area contributed by atoms with Crippen molar-refractivity contribution in [3.05, 3.63) is 34.8 Å². The van der Waals surface area contributed by atoms with Gasteiger partial charge in [0, 0.05) is 37.9 Å². The zero-order valence-corrected chi connectivity index (χ0v) is 16.7. The SMILES string of the molecule is COC1CCCN(c2cc(-c3n[nH]c4c3=CCC(OC(C)C)=CC=4)ncn2)C1. The number of methoxy groups -OCH3 is 1. The number of nitrogens with one attached hydrogen (secondary N) is 1. The van der Waals surface area contributed by atoms with Gasteiger partial charge in [-0.15, -0.1) is 0 Å². The summed E-state index contributed by atoms with van der Waals surface area (Å²) in [6.07, 6.45) is 11.1. The summed E-state index contributed by atoms with van der Waals surface area (Å²) in [5, 5.41) is 9.66. The van der Waals surface area contributed by atoms with Gasteiger partial charge in [0.05, 0.1) is 23.3 Å². The minimum absolute atomic E-state index is 0.159. The predicted octanol–water partition coefficient (Wildman–Crippen LogP) is 1.76. The molecule has 1 saturated heterocycles. The molecule has 1 unspecified atom stereocenters. The van der Waals surface area contributed by atoms with Crippen LogP contribution in [0.3, 0.4) is 0 Å². The molecule has 0 aromatic carbocycles. The Kier molecular flexibility index (Phi) is 5.43. The number of ether oxygens (including phenoxy) is 2. The van der Waals surface area contributed by atoms with Crippen molar-refractivity contribution >= 4 is 18.0 Å². The lowest BCUT2D eigenvalue weighted by Crippen LogP contribution is -2.39. The molecule has 2 aliphatic rings. The van der Waals surface area contributed by atoms with Gasteiger partial charge < -0.3 is 14.4 Å². The van der Waals surface area contributed by atoms with E-state index in [0.717, 1.165) is 65.9 Å². The van der Waals surface area contributed by atoms with Crippen molar-refractivity contribution in [2.24, 2.45) is 0 Å². The Morgan fingerprint density at radius 2 is 2.14 bits per heavy atom. The monoisotopic (exact) mass is 381 g/mol. The second-order valence-electron chi connectivity index (χ2n) is 7.48. The van der Waals surface area contributed by atoms with E-state index in [1.54, 1.807) is 13.4 Å². The molecular weight excluding hydrogens is 354 g/mol. The third-order valence-electron chi connectivity index (χ3n) is 5.09. The number of aromatic amines is 1. The lowest BCUT2D eigenvalue weighted by molar-refractivity contribution is 0.0891. The van der Waals surface area contributed by atoms with E-state index in [9.17, 15) is 0 Å². The molecule has 4 rings (SSSR count). The number of hydrogen-bond acceptors (Lipinski definition) is 6. The molecule has 0 bridgehead atoms. The van der Waals surface area contributed by atoms with Crippen LogP contribution < -0.4 is 15.5 Å². The maximum atomic E-state index is 5.86. The van der Waals surface area contributed by atoms with Crippen molar-refractivity contribution in [1.29, 1.82) is 0 Å². The van der Waals surface area contributed by atoms with Crippen LogP contribution in [-0.2, 0) is 9.47 Å². The molecule has 7 heteroatoms. The average Bonchev–Trinajstić information content (AvgIpc) is 3.02. The summed E-state index contributed by atoms with van der Waals surface area (Å²) in [4.78, 5) is 11.2. The second kappa shape index (κ2) is 8.14. The summed E-state index contributed by atoms with van der Waals surface area (Å²) in [7, 11) is 1.77. The highest BCUT2D eigenvalue weighted by Crippen LogP contribution is 2.21. The molecule has 2 aromatic heterocycles. The van der Waals surface area contributed by atoms with Crippen LogP contribution in [0.5, 0.6) is 0 Å². The van der Waals surface area contributed by atoms with Crippen LogP contribution in [0.2, 0.25) is 0 Å². The van der Waals surface area contributed by atoms with Gasteiger partial charge in [-0.2, -0.15) is 5.10 Å². The third kappa shape index (κ3) is 3.94. The van der Waals surface area contributed by atoms with Gasteiger partial charge in [-0.05, 0) is 38.8 Å². The number of piperidine rings is 1. The van der Waals surface area contributed by atoms with Crippen LogP contribution in [-0.4, -0.2) is 52.6 Å². The van der Waals surface area contributed by atoms with E-state index in [1.165, 1.54) is 0 Å². The Balaban J connectivity index is 1.63. The van der Waals surface area contributed by atoms with Crippen molar-refractivity contribution in [3.8, 4) is 11.4 Å². The molecule has 7 nitrogen and oxygen atoms in total. The van der Waals surface area contributed by atoms with Crippen LogP contribution in [0.4, 0.5) is 5.82 Å². The Hall–Kier alpha value is -2.67. The summed E-state index contributed by atoms with van der Waals surface area (Å²) >= 11 is 0. The van der Waals surface area contributed by atoms with Gasteiger partial charge in [0.1, 0.15) is 23.6 Å². The summed E-state index contributed by atoms with van der Waals surface area (Å²) in [6, 6.07) is 2.02. The van der Waals surface area contributed by atoms with Crippen molar-refractivity contribution in [3.63, 3.8) is 0 Å². The van der Waals surface area contributed by atoms with Crippen LogP contribution in [0.15, 0.2) is 24.2 Å². The van der Waals surface area contributed by atoms with E-state index in [1.807, 2.05) is 32.1 Å². The minimum Gasteiger partial charge on any atom is -0.495 e. The standard InChI is InChI=1S/C21H27N5O2/c1-14(2)28-15-6-8-17-18(9-7-15)24-25-21(17)19-11-20(23-13-22-19)26-10-4-5-16(12-26)27-3/h7-9,11,13-14,16,24H,4-6,10,12H2,1-3H3. The van der Waals surface area contributed by atoms with Crippen LogP contribution >= 0.6 is 0 Å². The summed E-state index contributed by atoms with van der Waals surface area (Å²) < 4.78 is 11.4. The molecule has 0 spiro atoms. The van der Waals surface area contributed by atoms with E-state index in [2.05, 4.69) is 31.1 Å². The van der Waals surface area contributed by atoms with Crippen molar-refractivity contribution in [2.75, 3.05) is 25.1 Å². The van der Waals surface area contributed by atoms with E-state index in [4.69, 9.17) is 9.47 Å². The molecule has 0 saturated carbocycles. The fraction of sp³-hybridized carbons (Fsp3) is 0.476. The highest BCUT2D eigenvalue weighted by molar-refractivity contribution is 5.62. The van der Waals surface area contributed by atoms with Gasteiger partial charge in [0.2, 0.25) is 0 Å². The highest BCUT2D eigenvalue weighted by atomic mass is 16.5. The van der Waals surface area contributed by atoms with Crippen LogP contribution in [0.25, 0.3) is 23.5 Å². The van der Waals surface area contributed by atoms with E-state index >= 15 is 0 Å². The number of hydrogen-bond donors (Lipinski definition) is 1. The Labute approximate surface area is 164 Å². The molecule has 1 N–H and O–H groups in total. The van der Waals surface area contributed by atoms with Gasteiger partial charge >= 0.3 is 0 Å². The first-order valence-electron chi connectivity index (χ1n) is 9.86. The highest BCUT2D eigenvalue weighted by Gasteiger charge is 2.21. The molecule has 1 aliphatic carbocycles. The molecule has 3 heterocycles. The number of aromatic nitrogens is 4. The quantitative estimate of drug-likeness (QED) is 0.851. The van der Waals surface area contributed by atoms with Gasteiger partial charge in [0.25, 0.3) is 0 Å². The fourth-order valence-corrected chi connectivity index (χ4v) is 3.72. The predicted molar refractivity (Wildman–Crippen MR) is 109 cm³/mol. The Bertz CT molecular complexity index is 979. The first-order valence-corrected chi connectivity index (χ1v) is 9.86. The maximum absolute atomic E-state index is 5.86. The molecule has 1 atom stereocenters. The zero-order valence-electron chi connectivity index (χ0n) is 16.7. The summed E-state index contributed by atoms with van der Waals surface area (Å²) in [5.74, 6) is 1.87. The zero-order chi connectivity index (χ0) is 19.5. The fourth-order valence-electron chi connectivity index (χ4n) is 3.72. The summed E-state index contributed by atoms with van der Waals surface area (Å²) in [5.41, 5.74) is 1.66. The molecule has 0 amide bonds. The van der Waals surface area contributed by atoms with Gasteiger partial charge in [-0.3, -0.25) is 5.10 Å². The Morgan fingerprint density at radius 1 is 1.25 bits per heavy atom. The van der Waals surface area contributed by atoms with Crippen molar-refractivity contribution in [1.82, 2.24) is 20.2 Å². The van der Waals surface area contributed by atoms with Gasteiger partial charge in [-0.1, -0.05) is 6.08 Å². The van der Waals surface area contributed by atoms with Gasteiger partial charge in [0.15, 0.2) is 0 Å². The van der Waals surface area contributed by atoms with Gasteiger partial charge in [-0.25, -0.2) is 9.97 Å². The van der Waals surface area contributed by atoms with E-state index < -0.39 is 0 Å². The number of nitrogens with zero attached hydrogens (tertiary/aromatic N) is 4. The van der Waals surface area contributed by atoms with Crippen molar-refractivity contribution < 1.29 is 9.47 Å². The van der Waals surface area contributed by atoms with Crippen LogP contribution in [0, 0.1) is 0 Å². The third-order valence-corrected chi connectivity index (χ3v) is 5.09. The molecule has 148 valence electrons. The molecule has 1 aliphatic heterocycles. The average molecular weight is 381 g/mol. The number of allylic oxidation sites excluding steroid dienone is 2. The topological polar surface area (TPSA) is 76.2 Å². The first kappa shape index (κ1) is 18.7. The first-order chi connectivity index (χ1) is 13.6. The van der Waals surface area contributed by atoms with E-state index in [-0.39, 0.29) is 12.2 Å². The lowest BCUT2D eigenvalue weighted by Gasteiger charge is -2.32. The molecule has 1 fully saturated rings. The number of anilines is 1. The summed E-state index contributed by atoms with van der Waals surface area (Å²) in [6.45, 7) is 5.91. The largest absolute Gasteiger partial charge is 0.495 e. The van der Waals surface area contributed by atoms with Crippen molar-refractivity contribution in [2.45, 2.75) is 45.3 Å². The number of rotatable bonds is 5. The minimum atomic E-state index is 0.159. The van der Waals surface area contributed by atoms with E-state index in [0.29, 0.717) is 0 Å².